The highest BCUT2D eigenvalue weighted by atomic mass is 79.9. The average molecular weight is 483 g/mol. The van der Waals surface area contributed by atoms with Crippen molar-refractivity contribution in [2.24, 2.45) is 0 Å². The van der Waals surface area contributed by atoms with Crippen molar-refractivity contribution in [3.05, 3.63) is 82.5 Å². The van der Waals surface area contributed by atoms with Gasteiger partial charge in [0.15, 0.2) is 0 Å². The van der Waals surface area contributed by atoms with Crippen molar-refractivity contribution < 1.29 is 14.3 Å². The van der Waals surface area contributed by atoms with Gasteiger partial charge in [-0.05, 0) is 72.5 Å². The molecule has 7 nitrogen and oxygen atoms in total. The number of halogens is 1. The minimum Gasteiger partial charge on any atom is -0.491 e. The number of para-hydroxylation sites is 1. The van der Waals surface area contributed by atoms with E-state index in [4.69, 9.17) is 4.74 Å². The predicted octanol–water partition coefficient (Wildman–Crippen LogP) is 4.29. The molecule has 0 spiro atoms. The van der Waals surface area contributed by atoms with Crippen LogP contribution in [0.3, 0.4) is 0 Å². The molecule has 0 aliphatic heterocycles. The van der Waals surface area contributed by atoms with Crippen LogP contribution in [-0.4, -0.2) is 48.9 Å². The molecule has 0 saturated heterocycles. The number of hydrogen-bond acceptors (Lipinski definition) is 5. The van der Waals surface area contributed by atoms with Crippen molar-refractivity contribution in [2.45, 2.75) is 0 Å². The zero-order chi connectivity index (χ0) is 22.2. The first kappa shape index (κ1) is 22.5. The number of anilines is 2. The van der Waals surface area contributed by atoms with Gasteiger partial charge in [0.25, 0.3) is 11.8 Å². The van der Waals surface area contributed by atoms with Crippen molar-refractivity contribution in [1.29, 1.82) is 0 Å². The van der Waals surface area contributed by atoms with Gasteiger partial charge in [-0.3, -0.25) is 9.59 Å². The van der Waals surface area contributed by atoms with Crippen LogP contribution in [0.4, 0.5) is 11.5 Å². The Kier molecular flexibility index (Phi) is 7.75. The molecule has 0 aliphatic rings. The lowest BCUT2D eigenvalue weighted by Crippen LogP contribution is -2.21. The minimum absolute atomic E-state index is 0.312. The summed E-state index contributed by atoms with van der Waals surface area (Å²) in [4.78, 5) is 31.5. The molecule has 2 aromatic carbocycles. The van der Waals surface area contributed by atoms with E-state index in [0.717, 1.165) is 11.0 Å². The van der Waals surface area contributed by atoms with Gasteiger partial charge in [-0.25, -0.2) is 4.98 Å². The summed E-state index contributed by atoms with van der Waals surface area (Å²) in [6, 6.07) is 17.3. The van der Waals surface area contributed by atoms with Crippen LogP contribution in [0.25, 0.3) is 0 Å². The number of carbonyl (C=O) groups excluding carboxylic acids is 2. The molecular formula is C23H23BrN4O3. The number of amides is 2. The second kappa shape index (κ2) is 10.7. The van der Waals surface area contributed by atoms with Crippen LogP contribution in [-0.2, 0) is 0 Å². The Bertz CT molecular complexity index is 1050. The number of benzene rings is 2. The summed E-state index contributed by atoms with van der Waals surface area (Å²) in [7, 11) is 3.91. The molecule has 0 bridgehead atoms. The molecule has 1 heterocycles. The van der Waals surface area contributed by atoms with E-state index in [1.165, 1.54) is 0 Å². The monoisotopic (exact) mass is 482 g/mol. The van der Waals surface area contributed by atoms with Crippen LogP contribution in [0.1, 0.15) is 20.7 Å². The molecule has 160 valence electrons. The van der Waals surface area contributed by atoms with E-state index in [0.29, 0.717) is 35.0 Å². The van der Waals surface area contributed by atoms with Gasteiger partial charge in [0.2, 0.25) is 0 Å². The zero-order valence-electron chi connectivity index (χ0n) is 17.3. The van der Waals surface area contributed by atoms with E-state index in [1.54, 1.807) is 60.8 Å². The first-order valence-electron chi connectivity index (χ1n) is 9.63. The van der Waals surface area contributed by atoms with Crippen molar-refractivity contribution in [3.8, 4) is 5.75 Å². The van der Waals surface area contributed by atoms with Gasteiger partial charge < -0.3 is 20.3 Å². The van der Waals surface area contributed by atoms with Crippen LogP contribution < -0.4 is 15.4 Å². The highest BCUT2D eigenvalue weighted by molar-refractivity contribution is 9.10. The molecule has 3 aromatic rings. The van der Waals surface area contributed by atoms with Crippen molar-refractivity contribution >= 4 is 39.2 Å². The Balaban J connectivity index is 1.69. The van der Waals surface area contributed by atoms with Crippen LogP contribution in [0.2, 0.25) is 0 Å². The van der Waals surface area contributed by atoms with E-state index in [1.807, 2.05) is 25.1 Å². The molecule has 0 atom stereocenters. The normalized spacial score (nSPS) is 10.6. The maximum absolute atomic E-state index is 12.8. The third-order valence-electron chi connectivity index (χ3n) is 4.28. The third-order valence-corrected chi connectivity index (χ3v) is 4.75. The minimum atomic E-state index is -0.321. The highest BCUT2D eigenvalue weighted by Crippen LogP contribution is 2.21. The molecular weight excluding hydrogens is 460 g/mol. The molecule has 8 heteroatoms. The summed E-state index contributed by atoms with van der Waals surface area (Å²) < 4.78 is 6.59. The van der Waals surface area contributed by atoms with E-state index in [-0.39, 0.29) is 11.8 Å². The lowest BCUT2D eigenvalue weighted by atomic mass is 10.1. The fraction of sp³-hybridized carbons (Fsp3) is 0.174. The Hall–Kier alpha value is -3.23. The molecule has 0 radical (unpaired) electrons. The standard InChI is InChI=1S/C23H23BrN4O3/c1-28(2)12-13-31-20-9-4-3-8-19(20)23(30)26-18-7-5-6-16(14-18)22(29)27-21-11-10-17(24)15-25-21/h3-11,14-15H,12-13H2,1-2H3,(H,26,30)(H,25,27,29). The van der Waals surface area contributed by atoms with Crippen molar-refractivity contribution in [2.75, 3.05) is 37.9 Å². The quantitative estimate of drug-likeness (QED) is 0.500. The first-order chi connectivity index (χ1) is 14.9. The Morgan fingerprint density at radius 3 is 2.55 bits per heavy atom. The van der Waals surface area contributed by atoms with Gasteiger partial charge in [0, 0.05) is 28.5 Å². The lowest BCUT2D eigenvalue weighted by Gasteiger charge is -2.14. The Morgan fingerprint density at radius 2 is 1.81 bits per heavy atom. The van der Waals surface area contributed by atoms with Crippen molar-refractivity contribution in [3.63, 3.8) is 0 Å². The number of ether oxygens (including phenoxy) is 1. The average Bonchev–Trinajstić information content (AvgIpc) is 2.75. The van der Waals surface area contributed by atoms with E-state index >= 15 is 0 Å². The lowest BCUT2D eigenvalue weighted by molar-refractivity contribution is 0.101. The summed E-state index contributed by atoms with van der Waals surface area (Å²) >= 11 is 3.31. The number of nitrogens with zero attached hydrogens (tertiary/aromatic N) is 2. The smallest absolute Gasteiger partial charge is 0.259 e. The third kappa shape index (κ3) is 6.63. The van der Waals surface area contributed by atoms with Gasteiger partial charge in [0.1, 0.15) is 18.2 Å². The van der Waals surface area contributed by atoms with Crippen LogP contribution >= 0.6 is 15.9 Å². The summed E-state index contributed by atoms with van der Waals surface area (Å²) in [6.07, 6.45) is 1.60. The molecule has 2 amide bonds. The van der Waals surface area contributed by atoms with Gasteiger partial charge in [-0.2, -0.15) is 0 Å². The molecule has 31 heavy (non-hydrogen) atoms. The maximum Gasteiger partial charge on any atom is 0.259 e. The largest absolute Gasteiger partial charge is 0.491 e. The molecule has 0 aliphatic carbocycles. The van der Waals surface area contributed by atoms with Crippen LogP contribution in [0, 0.1) is 0 Å². The SMILES string of the molecule is CN(C)CCOc1ccccc1C(=O)Nc1cccc(C(=O)Nc2ccc(Br)cn2)c1. The number of likely N-dealkylation sites (N-methyl/N-ethyl adjacent to an activating group) is 1. The highest BCUT2D eigenvalue weighted by Gasteiger charge is 2.14. The summed E-state index contributed by atoms with van der Waals surface area (Å²) in [5, 5.41) is 5.56. The van der Waals surface area contributed by atoms with E-state index in [9.17, 15) is 9.59 Å². The van der Waals surface area contributed by atoms with Gasteiger partial charge in [0.05, 0.1) is 5.56 Å². The Morgan fingerprint density at radius 1 is 1.00 bits per heavy atom. The fourth-order valence-electron chi connectivity index (χ4n) is 2.69. The van der Waals surface area contributed by atoms with Gasteiger partial charge in [-0.15, -0.1) is 0 Å². The van der Waals surface area contributed by atoms with Gasteiger partial charge >= 0.3 is 0 Å². The summed E-state index contributed by atoms with van der Waals surface area (Å²) in [5.74, 6) is 0.314. The molecule has 3 rings (SSSR count). The first-order valence-corrected chi connectivity index (χ1v) is 10.4. The zero-order valence-corrected chi connectivity index (χ0v) is 18.8. The molecule has 0 unspecified atom stereocenters. The van der Waals surface area contributed by atoms with E-state index < -0.39 is 0 Å². The maximum atomic E-state index is 12.8. The van der Waals surface area contributed by atoms with Crippen LogP contribution in [0.15, 0.2) is 71.3 Å². The number of rotatable bonds is 8. The number of pyridine rings is 1. The van der Waals surface area contributed by atoms with Crippen molar-refractivity contribution in [1.82, 2.24) is 9.88 Å². The predicted molar refractivity (Wildman–Crippen MR) is 125 cm³/mol. The summed E-state index contributed by atoms with van der Waals surface area (Å²) in [6.45, 7) is 1.21. The summed E-state index contributed by atoms with van der Waals surface area (Å²) in [5.41, 5.74) is 1.33. The molecule has 0 fully saturated rings. The second-order valence-corrected chi connectivity index (χ2v) is 7.91. The topological polar surface area (TPSA) is 83.6 Å². The van der Waals surface area contributed by atoms with Gasteiger partial charge in [-0.1, -0.05) is 18.2 Å². The van der Waals surface area contributed by atoms with E-state index in [2.05, 4.69) is 31.5 Å². The number of aromatic nitrogens is 1. The number of carbonyl (C=O) groups is 2. The number of hydrogen-bond donors (Lipinski definition) is 2. The molecule has 0 saturated carbocycles. The molecule has 1 aromatic heterocycles. The number of nitrogens with one attached hydrogen (secondary N) is 2. The molecule has 2 N–H and O–H groups in total. The van der Waals surface area contributed by atoms with Crippen LogP contribution in [0.5, 0.6) is 5.75 Å². The fourth-order valence-corrected chi connectivity index (χ4v) is 2.93. The second-order valence-electron chi connectivity index (χ2n) is 7.00. The Labute approximate surface area is 189 Å².